The molecule has 1 rings (SSSR count). The minimum absolute atomic E-state index is 0.325. The zero-order chi connectivity index (χ0) is 17.6. The summed E-state index contributed by atoms with van der Waals surface area (Å²) < 4.78 is 8.39. The normalized spacial score (nSPS) is 10.5. The van der Waals surface area contributed by atoms with E-state index in [0.29, 0.717) is 16.0 Å². The summed E-state index contributed by atoms with van der Waals surface area (Å²) in [5, 5.41) is 0. The summed E-state index contributed by atoms with van der Waals surface area (Å²) in [4.78, 5) is 13.8. The molecule has 0 aromatic carbocycles. The molecule has 6 heteroatoms. The van der Waals surface area contributed by atoms with Crippen molar-refractivity contribution in [1.82, 2.24) is 9.55 Å². The molecule has 0 bridgehead atoms. The van der Waals surface area contributed by atoms with Crippen LogP contribution in [0, 0.1) is 9.41 Å². The average molecular weight is 369 g/mol. The maximum Gasteiger partial charge on any atom is 0.330 e. The summed E-state index contributed by atoms with van der Waals surface area (Å²) in [5.74, 6) is -0.325. The van der Waals surface area contributed by atoms with Crippen LogP contribution in [-0.4, -0.2) is 22.1 Å². The minimum Gasteiger partial charge on any atom is -0.463 e. The number of ether oxygens (including phenoxy) is 1. The van der Waals surface area contributed by atoms with Gasteiger partial charge in [0.05, 0.1) is 6.61 Å². The summed E-state index contributed by atoms with van der Waals surface area (Å²) in [5.41, 5.74) is 0. The molecule has 0 aliphatic rings. The van der Waals surface area contributed by atoms with Crippen LogP contribution in [0.15, 0.2) is 24.9 Å². The molecule has 1 N–H and O–H groups in total. The molecule has 0 fully saturated rings. The van der Waals surface area contributed by atoms with E-state index in [1.165, 1.54) is 44.6 Å². The van der Waals surface area contributed by atoms with Crippen molar-refractivity contribution in [2.45, 2.75) is 64.3 Å². The van der Waals surface area contributed by atoms with Crippen molar-refractivity contribution >= 4 is 30.4 Å². The lowest BCUT2D eigenvalue weighted by Gasteiger charge is -2.06. The van der Waals surface area contributed by atoms with E-state index in [-0.39, 0.29) is 5.97 Å². The molecule has 4 nitrogen and oxygen atoms in total. The zero-order valence-electron chi connectivity index (χ0n) is 14.3. The van der Waals surface area contributed by atoms with Crippen LogP contribution in [0.25, 0.3) is 0 Å². The summed E-state index contributed by atoms with van der Waals surface area (Å²) >= 11 is 10.3. The van der Waals surface area contributed by atoms with Gasteiger partial charge in [0.15, 0.2) is 4.77 Å². The predicted molar refractivity (Wildman–Crippen MR) is 103 cm³/mol. The molecule has 0 atom stereocenters. The van der Waals surface area contributed by atoms with E-state index in [4.69, 9.17) is 29.2 Å². The Morgan fingerprint density at radius 1 is 1.08 bits per heavy atom. The number of H-pyrrole nitrogens is 1. The molecule has 0 aliphatic carbocycles. The standard InChI is InChI=1S/C18H28N2O2S2/c1-2-17(21)22-15-11-9-7-5-3-4-6-8-10-13-20-14-12-16(23)19-18(20)24/h2,12,14H,1,3-11,13,15H2,(H,19,23,24). The second kappa shape index (κ2) is 13.1. The average Bonchev–Trinajstić information content (AvgIpc) is 2.57. The summed E-state index contributed by atoms with van der Waals surface area (Å²) in [7, 11) is 0. The number of esters is 1. The third-order valence-electron chi connectivity index (χ3n) is 3.85. The second-order valence-corrected chi connectivity index (χ2v) is 6.68. The van der Waals surface area contributed by atoms with Crippen molar-refractivity contribution in [3.8, 4) is 0 Å². The summed E-state index contributed by atoms with van der Waals surface area (Å²) in [6.07, 6.45) is 13.9. The number of aromatic nitrogens is 2. The van der Waals surface area contributed by atoms with E-state index in [1.54, 1.807) is 0 Å². The number of carbonyl (C=O) groups is 1. The number of hydrogen-bond acceptors (Lipinski definition) is 4. The van der Waals surface area contributed by atoms with Gasteiger partial charge in [-0.3, -0.25) is 0 Å². The Labute approximate surface area is 154 Å². The first-order valence-electron chi connectivity index (χ1n) is 8.72. The number of rotatable bonds is 13. The van der Waals surface area contributed by atoms with Gasteiger partial charge < -0.3 is 14.3 Å². The topological polar surface area (TPSA) is 47.0 Å². The van der Waals surface area contributed by atoms with Gasteiger partial charge in [0.1, 0.15) is 4.64 Å². The molecule has 1 aromatic rings. The van der Waals surface area contributed by atoms with Crippen molar-refractivity contribution in [3.63, 3.8) is 0 Å². The molecule has 0 aliphatic heterocycles. The predicted octanol–water partition coefficient (Wildman–Crippen LogP) is 5.52. The number of nitrogens with zero attached hydrogens (tertiary/aromatic N) is 1. The van der Waals surface area contributed by atoms with Crippen LogP contribution in [0.2, 0.25) is 0 Å². The highest BCUT2D eigenvalue weighted by atomic mass is 32.1. The fraction of sp³-hybridized carbons (Fsp3) is 0.611. The van der Waals surface area contributed by atoms with E-state index in [2.05, 4.69) is 11.6 Å². The highest BCUT2D eigenvalue weighted by molar-refractivity contribution is 7.72. The van der Waals surface area contributed by atoms with Gasteiger partial charge in [-0.2, -0.15) is 0 Å². The Morgan fingerprint density at radius 3 is 2.25 bits per heavy atom. The Morgan fingerprint density at radius 2 is 1.67 bits per heavy atom. The van der Waals surface area contributed by atoms with Crippen LogP contribution in [0.1, 0.15) is 57.8 Å². The van der Waals surface area contributed by atoms with Crippen LogP contribution in [-0.2, 0) is 16.1 Å². The van der Waals surface area contributed by atoms with Crippen molar-refractivity contribution in [3.05, 3.63) is 34.3 Å². The zero-order valence-corrected chi connectivity index (χ0v) is 15.9. The van der Waals surface area contributed by atoms with Crippen LogP contribution in [0.3, 0.4) is 0 Å². The summed E-state index contributed by atoms with van der Waals surface area (Å²) in [6.45, 7) is 4.83. The molecule has 0 saturated heterocycles. The Kier molecular flexibility index (Phi) is 11.3. The Balaban J connectivity index is 1.90. The number of aromatic amines is 1. The number of nitrogens with one attached hydrogen (secondary N) is 1. The van der Waals surface area contributed by atoms with E-state index in [1.807, 2.05) is 16.8 Å². The molecule has 1 heterocycles. The molecular weight excluding hydrogens is 340 g/mol. The van der Waals surface area contributed by atoms with Gasteiger partial charge in [-0.25, -0.2) is 4.79 Å². The van der Waals surface area contributed by atoms with Gasteiger partial charge in [0.25, 0.3) is 0 Å². The Bertz CT molecular complexity index is 608. The lowest BCUT2D eigenvalue weighted by molar-refractivity contribution is -0.137. The molecule has 24 heavy (non-hydrogen) atoms. The number of carbonyl (C=O) groups excluding carboxylic acids is 1. The lowest BCUT2D eigenvalue weighted by Crippen LogP contribution is -2.01. The van der Waals surface area contributed by atoms with E-state index >= 15 is 0 Å². The van der Waals surface area contributed by atoms with Gasteiger partial charge in [-0.15, -0.1) is 0 Å². The van der Waals surface area contributed by atoms with Gasteiger partial charge >= 0.3 is 5.97 Å². The van der Waals surface area contributed by atoms with E-state index in [0.717, 1.165) is 25.8 Å². The smallest absolute Gasteiger partial charge is 0.330 e. The van der Waals surface area contributed by atoms with Gasteiger partial charge in [-0.1, -0.05) is 63.7 Å². The first-order chi connectivity index (χ1) is 11.6. The molecule has 0 unspecified atom stereocenters. The second-order valence-electron chi connectivity index (χ2n) is 5.86. The Hall–Kier alpha value is -1.27. The number of unbranched alkanes of at least 4 members (excludes halogenated alkanes) is 8. The quantitative estimate of drug-likeness (QED) is 0.216. The molecule has 1 aromatic heterocycles. The van der Waals surface area contributed by atoms with Crippen molar-refractivity contribution in [2.24, 2.45) is 0 Å². The van der Waals surface area contributed by atoms with Crippen molar-refractivity contribution < 1.29 is 9.53 Å². The van der Waals surface area contributed by atoms with Crippen LogP contribution < -0.4 is 0 Å². The summed E-state index contributed by atoms with van der Waals surface area (Å²) in [6, 6.07) is 1.88. The maximum absolute atomic E-state index is 10.8. The SMILES string of the molecule is C=CC(=O)OCCCCCCCCCCCn1ccc(=S)[nH]c1=S. The number of hydrogen-bond donors (Lipinski definition) is 1. The van der Waals surface area contributed by atoms with Crippen molar-refractivity contribution in [2.75, 3.05) is 6.61 Å². The van der Waals surface area contributed by atoms with Gasteiger partial charge in [0.2, 0.25) is 0 Å². The lowest BCUT2D eigenvalue weighted by atomic mass is 10.1. The highest BCUT2D eigenvalue weighted by Gasteiger charge is 1.97. The monoisotopic (exact) mass is 368 g/mol. The fourth-order valence-electron chi connectivity index (χ4n) is 2.47. The van der Waals surface area contributed by atoms with E-state index in [9.17, 15) is 4.79 Å². The van der Waals surface area contributed by atoms with E-state index < -0.39 is 0 Å². The molecule has 0 spiro atoms. The first-order valence-corrected chi connectivity index (χ1v) is 9.54. The third-order valence-corrected chi connectivity index (χ3v) is 4.43. The van der Waals surface area contributed by atoms with Crippen LogP contribution >= 0.6 is 24.4 Å². The van der Waals surface area contributed by atoms with Gasteiger partial charge in [-0.05, 0) is 31.1 Å². The van der Waals surface area contributed by atoms with Gasteiger partial charge in [0, 0.05) is 18.8 Å². The largest absolute Gasteiger partial charge is 0.463 e. The molecule has 0 saturated carbocycles. The van der Waals surface area contributed by atoms with Crippen LogP contribution in [0.5, 0.6) is 0 Å². The highest BCUT2D eigenvalue weighted by Crippen LogP contribution is 2.10. The molecule has 0 radical (unpaired) electrons. The fourth-order valence-corrected chi connectivity index (χ4v) is 2.96. The molecular formula is C18H28N2O2S2. The molecule has 0 amide bonds. The first kappa shape index (κ1) is 20.8. The maximum atomic E-state index is 10.8. The molecule has 134 valence electrons. The number of aryl methyl sites for hydroxylation is 1. The van der Waals surface area contributed by atoms with Crippen LogP contribution in [0.4, 0.5) is 0 Å². The minimum atomic E-state index is -0.325. The third kappa shape index (κ3) is 9.78. The van der Waals surface area contributed by atoms with Crippen molar-refractivity contribution in [1.29, 1.82) is 0 Å².